The van der Waals surface area contributed by atoms with Gasteiger partial charge in [0.25, 0.3) is 0 Å². The predicted molar refractivity (Wildman–Crippen MR) is 143 cm³/mol. The van der Waals surface area contributed by atoms with Gasteiger partial charge in [-0.15, -0.1) is 10.2 Å². The van der Waals surface area contributed by atoms with Gasteiger partial charge in [-0.25, -0.2) is 0 Å². The number of para-hydroxylation sites is 1. The van der Waals surface area contributed by atoms with Crippen LogP contribution in [0, 0.1) is 5.41 Å². The molecule has 0 spiro atoms. The summed E-state index contributed by atoms with van der Waals surface area (Å²) in [5.41, 5.74) is 10.3. The molecule has 1 unspecified atom stereocenters. The van der Waals surface area contributed by atoms with E-state index in [0.29, 0.717) is 11.3 Å². The minimum atomic E-state index is -0.286. The number of fused-ring (bicyclic) bond motifs is 1. The summed E-state index contributed by atoms with van der Waals surface area (Å²) in [4.78, 5) is 2.17. The molecule has 0 saturated heterocycles. The van der Waals surface area contributed by atoms with E-state index >= 15 is 0 Å². The molecule has 2 aromatic carbocycles. The van der Waals surface area contributed by atoms with Crippen molar-refractivity contribution < 1.29 is 5.11 Å². The molecule has 0 bridgehead atoms. The topological polar surface area (TPSA) is 104 Å². The quantitative estimate of drug-likeness (QED) is 0.316. The number of nitrogens with zero attached hydrogens (tertiary/aromatic N) is 4. The third-order valence-electron chi connectivity index (χ3n) is 6.23. The lowest BCUT2D eigenvalue weighted by atomic mass is 9.83. The minimum absolute atomic E-state index is 0.157. The maximum Gasteiger partial charge on any atom is 0.151 e. The van der Waals surface area contributed by atoms with E-state index in [1.165, 1.54) is 0 Å². The van der Waals surface area contributed by atoms with E-state index in [1.54, 1.807) is 12.3 Å². The number of H-pyrrole nitrogens is 1. The maximum atomic E-state index is 10.8. The van der Waals surface area contributed by atoms with E-state index in [4.69, 9.17) is 5.73 Å². The number of anilines is 1. The van der Waals surface area contributed by atoms with Crippen molar-refractivity contribution in [3.8, 4) is 28.1 Å². The molecule has 1 atom stereocenters. The second-order valence-electron chi connectivity index (χ2n) is 11.4. The first-order chi connectivity index (χ1) is 16.4. The molecule has 7 nitrogen and oxygen atoms in total. The lowest BCUT2D eigenvalue weighted by Gasteiger charge is -2.37. The molecule has 0 amide bonds. The molecule has 2 aromatic heterocycles. The van der Waals surface area contributed by atoms with E-state index in [-0.39, 0.29) is 22.7 Å². The maximum absolute atomic E-state index is 10.8. The van der Waals surface area contributed by atoms with Gasteiger partial charge >= 0.3 is 0 Å². The van der Waals surface area contributed by atoms with Gasteiger partial charge in [-0.3, -0.25) is 5.10 Å². The van der Waals surface area contributed by atoms with Crippen molar-refractivity contribution in [2.24, 2.45) is 11.1 Å². The average Bonchev–Trinajstić information content (AvgIpc) is 3.25. The molecule has 0 fully saturated rings. The summed E-state index contributed by atoms with van der Waals surface area (Å²) < 4.78 is 0. The Balaban J connectivity index is 1.59. The van der Waals surface area contributed by atoms with Crippen molar-refractivity contribution in [1.82, 2.24) is 20.4 Å². The first-order valence-corrected chi connectivity index (χ1v) is 12.0. The molecule has 4 aromatic rings. The monoisotopic (exact) mass is 472 g/mol. The third kappa shape index (κ3) is 5.80. The van der Waals surface area contributed by atoms with Crippen molar-refractivity contribution in [3.05, 3.63) is 54.7 Å². The van der Waals surface area contributed by atoms with Crippen molar-refractivity contribution in [1.29, 1.82) is 0 Å². The summed E-state index contributed by atoms with van der Waals surface area (Å²) in [7, 11) is 2.05. The standard InChI is InChI=1S/C28H36N6O/c1-27(2,3)15-20(16-28(4,5)29)34(6)25-13-12-23(31-32-25)22-11-10-18(14-24(22)35)21-9-7-8-19-17-30-33-26(19)21/h7-14,17,20,35H,15-16,29H2,1-6H3,(H,30,33). The Bertz CT molecular complexity index is 1280. The zero-order valence-corrected chi connectivity index (χ0v) is 21.5. The first-order valence-electron chi connectivity index (χ1n) is 12.0. The summed E-state index contributed by atoms with van der Waals surface area (Å²) in [5, 5.41) is 28.0. The van der Waals surface area contributed by atoms with Gasteiger partial charge in [-0.2, -0.15) is 5.10 Å². The van der Waals surface area contributed by atoms with Gasteiger partial charge < -0.3 is 15.7 Å². The smallest absolute Gasteiger partial charge is 0.151 e. The molecule has 0 aliphatic heterocycles. The average molecular weight is 473 g/mol. The number of hydrogen-bond acceptors (Lipinski definition) is 6. The SMILES string of the molecule is CN(c1ccc(-c2ccc(-c3cccc4cn[nH]c34)cc2O)nn1)C(CC(C)(C)C)CC(C)(C)N. The molecular weight excluding hydrogens is 436 g/mol. The van der Waals surface area contributed by atoms with Crippen molar-refractivity contribution in [2.45, 2.75) is 59.0 Å². The number of nitrogens with two attached hydrogens (primary N) is 1. The number of aromatic amines is 1. The Morgan fingerprint density at radius 3 is 2.37 bits per heavy atom. The summed E-state index contributed by atoms with van der Waals surface area (Å²) in [6, 6.07) is 15.7. The van der Waals surface area contributed by atoms with E-state index in [0.717, 1.165) is 40.7 Å². The fourth-order valence-electron chi connectivity index (χ4n) is 4.63. The molecule has 2 heterocycles. The number of phenols is 1. The van der Waals surface area contributed by atoms with Gasteiger partial charge in [0.2, 0.25) is 0 Å². The molecule has 4 N–H and O–H groups in total. The van der Waals surface area contributed by atoms with Crippen LogP contribution in [0.1, 0.15) is 47.5 Å². The van der Waals surface area contributed by atoms with Gasteiger partial charge in [-0.05, 0) is 61.9 Å². The number of nitrogens with one attached hydrogen (secondary N) is 1. The van der Waals surface area contributed by atoms with E-state index < -0.39 is 0 Å². The Kier molecular flexibility index (Phi) is 6.56. The van der Waals surface area contributed by atoms with E-state index in [9.17, 15) is 5.11 Å². The van der Waals surface area contributed by atoms with Gasteiger partial charge in [0.05, 0.1) is 17.4 Å². The Hall–Kier alpha value is -3.45. The van der Waals surface area contributed by atoms with Crippen LogP contribution in [0.4, 0.5) is 5.82 Å². The third-order valence-corrected chi connectivity index (χ3v) is 6.23. The first kappa shape index (κ1) is 24.7. The lowest BCUT2D eigenvalue weighted by molar-refractivity contribution is 0.295. The molecular formula is C28H36N6O. The molecule has 0 aliphatic carbocycles. The Morgan fingerprint density at radius 1 is 0.971 bits per heavy atom. The van der Waals surface area contributed by atoms with Crippen LogP contribution in [0.2, 0.25) is 0 Å². The van der Waals surface area contributed by atoms with Crippen LogP contribution in [0.3, 0.4) is 0 Å². The largest absolute Gasteiger partial charge is 0.507 e. The fourth-order valence-corrected chi connectivity index (χ4v) is 4.63. The fraction of sp³-hybridized carbons (Fsp3) is 0.393. The zero-order valence-electron chi connectivity index (χ0n) is 21.5. The molecule has 0 saturated carbocycles. The summed E-state index contributed by atoms with van der Waals surface area (Å²) in [5.74, 6) is 0.944. The van der Waals surface area contributed by atoms with Crippen LogP contribution >= 0.6 is 0 Å². The number of rotatable bonds is 7. The van der Waals surface area contributed by atoms with Crippen LogP contribution in [0.25, 0.3) is 33.3 Å². The Morgan fingerprint density at radius 2 is 1.74 bits per heavy atom. The van der Waals surface area contributed by atoms with E-state index in [2.05, 4.69) is 59.9 Å². The molecule has 35 heavy (non-hydrogen) atoms. The second-order valence-corrected chi connectivity index (χ2v) is 11.4. The molecule has 0 aliphatic rings. The predicted octanol–water partition coefficient (Wildman–Crippen LogP) is 5.76. The summed E-state index contributed by atoms with van der Waals surface area (Å²) in [6.45, 7) is 10.8. The van der Waals surface area contributed by atoms with Gasteiger partial charge in [-0.1, -0.05) is 45.0 Å². The van der Waals surface area contributed by atoms with E-state index in [1.807, 2.05) is 49.5 Å². The van der Waals surface area contributed by atoms with Gasteiger partial charge in [0.1, 0.15) is 5.75 Å². The second kappa shape index (κ2) is 9.30. The number of aromatic nitrogens is 4. The van der Waals surface area contributed by atoms with Crippen LogP contribution < -0.4 is 10.6 Å². The van der Waals surface area contributed by atoms with Crippen LogP contribution in [0.15, 0.2) is 54.7 Å². The normalized spacial score (nSPS) is 13.2. The van der Waals surface area contributed by atoms with Crippen molar-refractivity contribution in [2.75, 3.05) is 11.9 Å². The minimum Gasteiger partial charge on any atom is -0.507 e. The van der Waals surface area contributed by atoms with Crippen molar-refractivity contribution in [3.63, 3.8) is 0 Å². The van der Waals surface area contributed by atoms with Crippen molar-refractivity contribution >= 4 is 16.7 Å². The van der Waals surface area contributed by atoms with Crippen LogP contribution in [0.5, 0.6) is 5.75 Å². The molecule has 4 rings (SSSR count). The number of hydrogen-bond donors (Lipinski definition) is 3. The van der Waals surface area contributed by atoms with Gasteiger partial charge in [0.15, 0.2) is 5.82 Å². The summed E-state index contributed by atoms with van der Waals surface area (Å²) >= 11 is 0. The molecule has 7 heteroatoms. The highest BCUT2D eigenvalue weighted by Crippen LogP contribution is 2.35. The number of phenolic OH excluding ortho intramolecular Hbond substituents is 1. The Labute approximate surface area is 207 Å². The summed E-state index contributed by atoms with van der Waals surface area (Å²) in [6.07, 6.45) is 3.62. The van der Waals surface area contributed by atoms with Crippen LogP contribution in [-0.4, -0.2) is 44.1 Å². The van der Waals surface area contributed by atoms with Gasteiger partial charge in [0, 0.05) is 35.1 Å². The highest BCUT2D eigenvalue weighted by Gasteiger charge is 2.28. The highest BCUT2D eigenvalue weighted by molar-refractivity contribution is 5.94. The molecule has 184 valence electrons. The lowest BCUT2D eigenvalue weighted by Crippen LogP contribution is -2.44. The highest BCUT2D eigenvalue weighted by atomic mass is 16.3. The number of benzene rings is 2. The molecule has 0 radical (unpaired) electrons. The zero-order chi connectivity index (χ0) is 25.4. The van der Waals surface area contributed by atoms with Crippen LogP contribution in [-0.2, 0) is 0 Å². The number of aromatic hydroxyl groups is 1.